The Kier molecular flexibility index (Phi) is 7.53. The summed E-state index contributed by atoms with van der Waals surface area (Å²) in [6, 6.07) is 15.6. The second-order valence-corrected chi connectivity index (χ2v) is 6.78. The molecule has 1 amide bonds. The van der Waals surface area contributed by atoms with Crippen molar-refractivity contribution in [2.24, 2.45) is 10.9 Å². The maximum absolute atomic E-state index is 13.5. The van der Waals surface area contributed by atoms with E-state index in [0.717, 1.165) is 5.56 Å². The molecule has 0 atom stereocenters. The third kappa shape index (κ3) is 6.81. The third-order valence-corrected chi connectivity index (χ3v) is 4.36. The van der Waals surface area contributed by atoms with Gasteiger partial charge in [0.1, 0.15) is 18.2 Å². The second-order valence-electron chi connectivity index (χ2n) is 6.78. The molecule has 0 aliphatic carbocycles. The van der Waals surface area contributed by atoms with Gasteiger partial charge in [-0.2, -0.15) is 0 Å². The van der Waals surface area contributed by atoms with Crippen molar-refractivity contribution in [1.29, 1.82) is 0 Å². The van der Waals surface area contributed by atoms with Gasteiger partial charge in [0.05, 0.1) is 0 Å². The summed E-state index contributed by atoms with van der Waals surface area (Å²) in [5, 5.41) is 6.40. The normalized spacial score (nSPS) is 11.1. The van der Waals surface area contributed by atoms with E-state index < -0.39 is 5.91 Å². The van der Waals surface area contributed by atoms with Gasteiger partial charge in [0.15, 0.2) is 12.4 Å². The van der Waals surface area contributed by atoms with E-state index in [4.69, 9.17) is 15.3 Å². The van der Waals surface area contributed by atoms with Gasteiger partial charge in [-0.25, -0.2) is 4.39 Å². The summed E-state index contributed by atoms with van der Waals surface area (Å²) in [5.74, 6) is 0.103. The minimum Gasteiger partial charge on any atom is -0.489 e. The molecule has 160 valence electrons. The van der Waals surface area contributed by atoms with Crippen LogP contribution in [0.3, 0.4) is 0 Å². The van der Waals surface area contributed by atoms with E-state index in [1.54, 1.807) is 55.7 Å². The Morgan fingerprint density at radius 1 is 1.16 bits per heavy atom. The summed E-state index contributed by atoms with van der Waals surface area (Å²) in [6.07, 6.45) is 3.45. The SMILES string of the molecule is Cc1ccc(CNC(=O)CON=C(N)c2ccc(OCc3cccnc3)cc2)cc1F. The second kappa shape index (κ2) is 10.7. The average molecular weight is 422 g/mol. The lowest BCUT2D eigenvalue weighted by atomic mass is 10.1. The molecule has 1 heterocycles. The zero-order valence-corrected chi connectivity index (χ0v) is 17.0. The van der Waals surface area contributed by atoms with Crippen molar-refractivity contribution < 1.29 is 18.8 Å². The standard InChI is InChI=1S/C23H23FN4O3/c1-16-4-5-17(11-21(16)24)13-27-22(29)15-31-28-23(25)19-6-8-20(9-7-19)30-14-18-3-2-10-26-12-18/h2-12H,13-15H2,1H3,(H2,25,28)(H,27,29). The molecule has 3 rings (SSSR count). The number of nitrogens with zero attached hydrogens (tertiary/aromatic N) is 2. The fourth-order valence-corrected chi connectivity index (χ4v) is 2.58. The summed E-state index contributed by atoms with van der Waals surface area (Å²) < 4.78 is 19.2. The van der Waals surface area contributed by atoms with E-state index in [0.29, 0.717) is 29.0 Å². The lowest BCUT2D eigenvalue weighted by Crippen LogP contribution is -2.27. The Morgan fingerprint density at radius 3 is 2.68 bits per heavy atom. The molecule has 0 spiro atoms. The zero-order valence-electron chi connectivity index (χ0n) is 17.0. The van der Waals surface area contributed by atoms with Crippen LogP contribution in [-0.4, -0.2) is 23.3 Å². The number of hydrogen-bond acceptors (Lipinski definition) is 5. The number of hydrogen-bond donors (Lipinski definition) is 2. The predicted molar refractivity (Wildman–Crippen MR) is 115 cm³/mol. The fraction of sp³-hybridized carbons (Fsp3) is 0.174. The first-order valence-corrected chi connectivity index (χ1v) is 9.60. The van der Waals surface area contributed by atoms with Gasteiger partial charge in [0.25, 0.3) is 5.91 Å². The molecule has 31 heavy (non-hydrogen) atoms. The highest BCUT2D eigenvalue weighted by atomic mass is 19.1. The van der Waals surface area contributed by atoms with Crippen LogP contribution < -0.4 is 15.8 Å². The molecule has 7 nitrogen and oxygen atoms in total. The van der Waals surface area contributed by atoms with Crippen molar-refractivity contribution in [3.8, 4) is 5.75 Å². The summed E-state index contributed by atoms with van der Waals surface area (Å²) in [7, 11) is 0. The maximum Gasteiger partial charge on any atom is 0.261 e. The first-order chi connectivity index (χ1) is 15.0. The Bertz CT molecular complexity index is 1040. The smallest absolute Gasteiger partial charge is 0.261 e. The van der Waals surface area contributed by atoms with Gasteiger partial charge in [-0.1, -0.05) is 23.4 Å². The summed E-state index contributed by atoms with van der Waals surface area (Å²) in [4.78, 5) is 20.9. The summed E-state index contributed by atoms with van der Waals surface area (Å²) >= 11 is 0. The van der Waals surface area contributed by atoms with Crippen LogP contribution in [0.4, 0.5) is 4.39 Å². The number of aromatic nitrogens is 1. The number of nitrogens with one attached hydrogen (secondary N) is 1. The molecule has 0 radical (unpaired) electrons. The van der Waals surface area contributed by atoms with Gasteiger partial charge in [0.2, 0.25) is 0 Å². The molecule has 0 saturated carbocycles. The molecule has 2 aromatic carbocycles. The van der Waals surface area contributed by atoms with Gasteiger partial charge in [-0.3, -0.25) is 9.78 Å². The fourth-order valence-electron chi connectivity index (χ4n) is 2.58. The Morgan fingerprint density at radius 2 is 1.97 bits per heavy atom. The first kappa shape index (κ1) is 21.8. The van der Waals surface area contributed by atoms with Crippen molar-refractivity contribution in [2.45, 2.75) is 20.1 Å². The van der Waals surface area contributed by atoms with Crippen LogP contribution in [0.25, 0.3) is 0 Å². The highest BCUT2D eigenvalue weighted by Crippen LogP contribution is 2.14. The van der Waals surface area contributed by atoms with Gasteiger partial charge in [-0.15, -0.1) is 0 Å². The number of halogens is 1. The molecule has 0 bridgehead atoms. The van der Waals surface area contributed by atoms with Crippen molar-refractivity contribution >= 4 is 11.7 Å². The average Bonchev–Trinajstić information content (AvgIpc) is 2.79. The number of carbonyl (C=O) groups is 1. The van der Waals surface area contributed by atoms with Crippen molar-refractivity contribution in [3.05, 3.63) is 95.1 Å². The first-order valence-electron chi connectivity index (χ1n) is 9.60. The van der Waals surface area contributed by atoms with Gasteiger partial charge in [0, 0.05) is 30.1 Å². The predicted octanol–water partition coefficient (Wildman–Crippen LogP) is 3.06. The van der Waals surface area contributed by atoms with Gasteiger partial charge in [-0.05, 0) is 54.4 Å². The third-order valence-electron chi connectivity index (χ3n) is 4.36. The number of rotatable bonds is 9. The Labute approximate surface area is 179 Å². The number of aryl methyl sites for hydroxylation is 1. The van der Waals surface area contributed by atoms with E-state index in [1.165, 1.54) is 6.07 Å². The molecule has 0 fully saturated rings. The zero-order chi connectivity index (χ0) is 22.1. The van der Waals surface area contributed by atoms with Crippen LogP contribution in [0.1, 0.15) is 22.3 Å². The number of carbonyl (C=O) groups excluding carboxylic acids is 1. The Balaban J connectivity index is 1.43. The minimum absolute atomic E-state index is 0.132. The van der Waals surface area contributed by atoms with Crippen LogP contribution in [0.15, 0.2) is 72.1 Å². The number of amidine groups is 1. The molecule has 0 aliphatic rings. The van der Waals surface area contributed by atoms with E-state index in [-0.39, 0.29) is 24.8 Å². The van der Waals surface area contributed by atoms with E-state index >= 15 is 0 Å². The quantitative estimate of drug-likeness (QED) is 0.314. The monoisotopic (exact) mass is 422 g/mol. The van der Waals surface area contributed by atoms with Crippen LogP contribution in [0.5, 0.6) is 5.75 Å². The van der Waals surface area contributed by atoms with Crippen LogP contribution in [0, 0.1) is 12.7 Å². The molecule has 0 saturated heterocycles. The molecular formula is C23H23FN4O3. The summed E-state index contributed by atoms with van der Waals surface area (Å²) in [5.41, 5.74) is 8.70. The number of pyridine rings is 1. The molecule has 0 unspecified atom stereocenters. The van der Waals surface area contributed by atoms with Gasteiger partial charge < -0.3 is 20.6 Å². The van der Waals surface area contributed by atoms with Gasteiger partial charge >= 0.3 is 0 Å². The van der Waals surface area contributed by atoms with Crippen LogP contribution in [0.2, 0.25) is 0 Å². The molecule has 0 aliphatic heterocycles. The van der Waals surface area contributed by atoms with Crippen molar-refractivity contribution in [1.82, 2.24) is 10.3 Å². The maximum atomic E-state index is 13.5. The van der Waals surface area contributed by atoms with E-state index in [9.17, 15) is 9.18 Å². The number of amides is 1. The number of benzene rings is 2. The lowest BCUT2D eigenvalue weighted by molar-refractivity contribution is -0.125. The minimum atomic E-state index is -0.392. The van der Waals surface area contributed by atoms with E-state index in [2.05, 4.69) is 15.5 Å². The largest absolute Gasteiger partial charge is 0.489 e. The lowest BCUT2D eigenvalue weighted by Gasteiger charge is -2.08. The van der Waals surface area contributed by atoms with E-state index in [1.807, 2.05) is 12.1 Å². The molecule has 8 heteroatoms. The Hall–Kier alpha value is -3.94. The number of oxime groups is 1. The molecule has 3 aromatic rings. The topological polar surface area (TPSA) is 98.8 Å². The number of ether oxygens (including phenoxy) is 1. The highest BCUT2D eigenvalue weighted by Gasteiger charge is 2.05. The highest BCUT2D eigenvalue weighted by molar-refractivity contribution is 5.97. The van der Waals surface area contributed by atoms with Crippen molar-refractivity contribution in [3.63, 3.8) is 0 Å². The molecule has 3 N–H and O–H groups in total. The van der Waals surface area contributed by atoms with Crippen LogP contribution >= 0.6 is 0 Å². The number of nitrogens with two attached hydrogens (primary N) is 1. The molecular weight excluding hydrogens is 399 g/mol. The molecule has 1 aromatic heterocycles. The van der Waals surface area contributed by atoms with Crippen LogP contribution in [-0.2, 0) is 22.8 Å². The summed E-state index contributed by atoms with van der Waals surface area (Å²) in [6.45, 7) is 1.97. The van der Waals surface area contributed by atoms with Crippen molar-refractivity contribution in [2.75, 3.05) is 6.61 Å².